The van der Waals surface area contributed by atoms with Crippen molar-refractivity contribution < 1.29 is 14.3 Å². The maximum absolute atomic E-state index is 12.4. The third-order valence-electron chi connectivity index (χ3n) is 5.04. The number of rotatable bonds is 4. The summed E-state index contributed by atoms with van der Waals surface area (Å²) >= 11 is 0. The lowest BCUT2D eigenvalue weighted by atomic mass is 9.96. The van der Waals surface area contributed by atoms with E-state index in [1.54, 1.807) is 11.8 Å². The first kappa shape index (κ1) is 16.8. The lowest BCUT2D eigenvalue weighted by molar-refractivity contribution is -0.132. The van der Waals surface area contributed by atoms with E-state index in [0.717, 1.165) is 37.1 Å². The standard InChI is InChI=1S/C19H26N2O3/c1-14(22)21-12-10-15(11-13-21)19(23)20-16-6-8-18(9-7-16)24-17-4-2-3-5-17/h6-9,15,17H,2-5,10-13H2,1H3,(H,20,23). The van der Waals surface area contributed by atoms with Crippen molar-refractivity contribution in [2.24, 2.45) is 5.92 Å². The molecule has 5 heteroatoms. The van der Waals surface area contributed by atoms with E-state index in [1.807, 2.05) is 24.3 Å². The summed E-state index contributed by atoms with van der Waals surface area (Å²) in [7, 11) is 0. The molecule has 3 rings (SSSR count). The van der Waals surface area contributed by atoms with Crippen LogP contribution in [0.15, 0.2) is 24.3 Å². The summed E-state index contributed by atoms with van der Waals surface area (Å²) in [6.07, 6.45) is 6.58. The van der Waals surface area contributed by atoms with Gasteiger partial charge in [-0.25, -0.2) is 0 Å². The zero-order valence-electron chi connectivity index (χ0n) is 14.3. The Labute approximate surface area is 143 Å². The minimum absolute atomic E-state index is 0.0185. The van der Waals surface area contributed by atoms with Crippen LogP contribution in [0.2, 0.25) is 0 Å². The van der Waals surface area contributed by atoms with Crippen molar-refractivity contribution in [2.45, 2.75) is 51.6 Å². The molecule has 0 atom stereocenters. The molecule has 0 aromatic heterocycles. The molecule has 5 nitrogen and oxygen atoms in total. The van der Waals surface area contributed by atoms with Gasteiger partial charge in [0, 0.05) is 31.6 Å². The molecule has 130 valence electrons. The molecule has 1 saturated carbocycles. The molecule has 1 aliphatic heterocycles. The highest BCUT2D eigenvalue weighted by Crippen LogP contribution is 2.25. The highest BCUT2D eigenvalue weighted by Gasteiger charge is 2.26. The number of nitrogens with zero attached hydrogens (tertiary/aromatic N) is 1. The molecule has 1 aromatic carbocycles. The number of amides is 2. The third-order valence-corrected chi connectivity index (χ3v) is 5.04. The van der Waals surface area contributed by atoms with E-state index in [-0.39, 0.29) is 17.7 Å². The van der Waals surface area contributed by atoms with Crippen LogP contribution in [0.25, 0.3) is 0 Å². The van der Waals surface area contributed by atoms with Crippen molar-refractivity contribution in [3.05, 3.63) is 24.3 Å². The van der Waals surface area contributed by atoms with Gasteiger partial charge in [0.05, 0.1) is 6.10 Å². The molecule has 1 aromatic rings. The molecule has 0 bridgehead atoms. The van der Waals surface area contributed by atoms with Crippen LogP contribution in [0.4, 0.5) is 5.69 Å². The molecule has 0 spiro atoms. The van der Waals surface area contributed by atoms with Crippen LogP contribution in [0, 0.1) is 5.92 Å². The summed E-state index contributed by atoms with van der Waals surface area (Å²) in [5, 5.41) is 2.98. The first-order valence-corrected chi connectivity index (χ1v) is 8.95. The van der Waals surface area contributed by atoms with Crippen molar-refractivity contribution in [3.63, 3.8) is 0 Å². The van der Waals surface area contributed by atoms with E-state index < -0.39 is 0 Å². The maximum Gasteiger partial charge on any atom is 0.227 e. The predicted molar refractivity (Wildman–Crippen MR) is 92.9 cm³/mol. The van der Waals surface area contributed by atoms with Crippen molar-refractivity contribution in [3.8, 4) is 5.75 Å². The van der Waals surface area contributed by atoms with Crippen LogP contribution >= 0.6 is 0 Å². The largest absolute Gasteiger partial charge is 0.490 e. The van der Waals surface area contributed by atoms with Crippen molar-refractivity contribution in [2.75, 3.05) is 18.4 Å². The van der Waals surface area contributed by atoms with Gasteiger partial charge in [0.1, 0.15) is 5.75 Å². The second-order valence-electron chi connectivity index (χ2n) is 6.82. The number of benzene rings is 1. The fourth-order valence-corrected chi connectivity index (χ4v) is 3.52. The van der Waals surface area contributed by atoms with Crippen LogP contribution in [-0.4, -0.2) is 35.9 Å². The smallest absolute Gasteiger partial charge is 0.227 e. The predicted octanol–water partition coefficient (Wildman–Crippen LogP) is 3.21. The summed E-state index contributed by atoms with van der Waals surface area (Å²) in [5.41, 5.74) is 0.799. The van der Waals surface area contributed by atoms with Gasteiger partial charge in [-0.3, -0.25) is 9.59 Å². The number of anilines is 1. The van der Waals surface area contributed by atoms with Gasteiger partial charge < -0.3 is 15.0 Å². The number of piperidine rings is 1. The van der Waals surface area contributed by atoms with Crippen LogP contribution < -0.4 is 10.1 Å². The van der Waals surface area contributed by atoms with Gasteiger partial charge in [-0.1, -0.05) is 0 Å². The maximum atomic E-state index is 12.4. The monoisotopic (exact) mass is 330 g/mol. The molecule has 1 aliphatic carbocycles. The second kappa shape index (κ2) is 7.69. The molecule has 2 aliphatic rings. The number of hydrogen-bond acceptors (Lipinski definition) is 3. The number of hydrogen-bond donors (Lipinski definition) is 1. The number of carbonyl (C=O) groups is 2. The topological polar surface area (TPSA) is 58.6 Å². The SMILES string of the molecule is CC(=O)N1CCC(C(=O)Nc2ccc(OC3CCCC3)cc2)CC1. The highest BCUT2D eigenvalue weighted by molar-refractivity contribution is 5.92. The lowest BCUT2D eigenvalue weighted by Crippen LogP contribution is -2.40. The zero-order valence-corrected chi connectivity index (χ0v) is 14.3. The van der Waals surface area contributed by atoms with Crippen molar-refractivity contribution in [1.29, 1.82) is 0 Å². The van der Waals surface area contributed by atoms with E-state index in [1.165, 1.54) is 12.8 Å². The van der Waals surface area contributed by atoms with E-state index in [9.17, 15) is 9.59 Å². The first-order chi connectivity index (χ1) is 11.6. The van der Waals surface area contributed by atoms with Gasteiger partial charge in [-0.15, -0.1) is 0 Å². The number of carbonyl (C=O) groups excluding carboxylic acids is 2. The second-order valence-corrected chi connectivity index (χ2v) is 6.82. The summed E-state index contributed by atoms with van der Waals surface area (Å²) in [5.74, 6) is 0.985. The molecule has 24 heavy (non-hydrogen) atoms. The Bertz CT molecular complexity index is 571. The fourth-order valence-electron chi connectivity index (χ4n) is 3.52. The van der Waals surface area contributed by atoms with Crippen LogP contribution in [-0.2, 0) is 9.59 Å². The number of nitrogens with one attached hydrogen (secondary N) is 1. The molecule has 0 radical (unpaired) electrons. The summed E-state index contributed by atoms with van der Waals surface area (Å²) < 4.78 is 5.94. The van der Waals surface area contributed by atoms with E-state index in [0.29, 0.717) is 19.2 Å². The normalized spacial score (nSPS) is 19.3. The Kier molecular flexibility index (Phi) is 5.38. The van der Waals surface area contributed by atoms with E-state index >= 15 is 0 Å². The number of likely N-dealkylation sites (tertiary alicyclic amines) is 1. The third kappa shape index (κ3) is 4.28. The van der Waals surface area contributed by atoms with Crippen LogP contribution in [0.1, 0.15) is 45.4 Å². The van der Waals surface area contributed by atoms with Gasteiger partial charge in [0.15, 0.2) is 0 Å². The molecule has 0 unspecified atom stereocenters. The Balaban J connectivity index is 1.48. The fraction of sp³-hybridized carbons (Fsp3) is 0.579. The minimum Gasteiger partial charge on any atom is -0.490 e. The summed E-state index contributed by atoms with van der Waals surface area (Å²) in [6.45, 7) is 2.92. The van der Waals surface area contributed by atoms with Gasteiger partial charge in [-0.05, 0) is 62.8 Å². The van der Waals surface area contributed by atoms with Crippen molar-refractivity contribution >= 4 is 17.5 Å². The van der Waals surface area contributed by atoms with Gasteiger partial charge in [0.2, 0.25) is 11.8 Å². The molecule has 1 N–H and O–H groups in total. The quantitative estimate of drug-likeness (QED) is 0.922. The number of ether oxygens (including phenoxy) is 1. The Morgan fingerprint density at radius 1 is 1.04 bits per heavy atom. The molecular formula is C19H26N2O3. The minimum atomic E-state index is -0.0185. The average Bonchev–Trinajstić information content (AvgIpc) is 3.09. The van der Waals surface area contributed by atoms with E-state index in [2.05, 4.69) is 5.32 Å². The first-order valence-electron chi connectivity index (χ1n) is 8.95. The lowest BCUT2D eigenvalue weighted by Gasteiger charge is -2.30. The average molecular weight is 330 g/mol. The zero-order chi connectivity index (χ0) is 16.9. The van der Waals surface area contributed by atoms with Gasteiger partial charge >= 0.3 is 0 Å². The van der Waals surface area contributed by atoms with Gasteiger partial charge in [-0.2, -0.15) is 0 Å². The van der Waals surface area contributed by atoms with Crippen molar-refractivity contribution in [1.82, 2.24) is 4.90 Å². The summed E-state index contributed by atoms with van der Waals surface area (Å²) in [6, 6.07) is 7.64. The molecule has 1 saturated heterocycles. The Morgan fingerprint density at radius 2 is 1.67 bits per heavy atom. The van der Waals surface area contributed by atoms with E-state index in [4.69, 9.17) is 4.74 Å². The summed E-state index contributed by atoms with van der Waals surface area (Å²) in [4.78, 5) is 25.5. The van der Waals surface area contributed by atoms with Crippen LogP contribution in [0.5, 0.6) is 5.75 Å². The van der Waals surface area contributed by atoms with Gasteiger partial charge in [0.25, 0.3) is 0 Å². The Hall–Kier alpha value is -2.04. The van der Waals surface area contributed by atoms with Crippen LogP contribution in [0.3, 0.4) is 0 Å². The highest BCUT2D eigenvalue weighted by atomic mass is 16.5. The molecular weight excluding hydrogens is 304 g/mol. The molecule has 1 heterocycles. The molecule has 2 amide bonds. The Morgan fingerprint density at radius 3 is 2.25 bits per heavy atom. The molecule has 2 fully saturated rings.